The molecule has 2 fully saturated rings. The number of nitrogens with zero attached hydrogens (tertiary/aromatic N) is 4. The minimum absolute atomic E-state index is 0.0468. The molecule has 248 valence electrons. The van der Waals surface area contributed by atoms with Gasteiger partial charge in [-0.25, -0.2) is 0 Å². The number of rotatable bonds is 14. The molecule has 0 spiro atoms. The second kappa shape index (κ2) is 18.3. The molecule has 1 amide bonds. The number of ether oxygens (including phenoxy) is 1. The molecule has 4 rings (SSSR count). The molecule has 1 aliphatic carbocycles. The van der Waals surface area contributed by atoms with Crippen molar-refractivity contribution in [3.63, 3.8) is 0 Å². The predicted molar refractivity (Wildman–Crippen MR) is 181 cm³/mol. The number of carbonyl (C=O) groups excluding carboxylic acids is 2. The first kappa shape index (κ1) is 34.9. The molecule has 1 aromatic rings. The van der Waals surface area contributed by atoms with Gasteiger partial charge in [-0.2, -0.15) is 0 Å². The van der Waals surface area contributed by atoms with Crippen LogP contribution < -0.4 is 0 Å². The van der Waals surface area contributed by atoms with E-state index in [1.807, 2.05) is 24.0 Å². The lowest BCUT2D eigenvalue weighted by molar-refractivity contribution is -0.143. The van der Waals surface area contributed by atoms with Gasteiger partial charge in [0.15, 0.2) is 0 Å². The Morgan fingerprint density at radius 3 is 2.58 bits per heavy atom. The molecule has 0 saturated carbocycles. The van der Waals surface area contributed by atoms with E-state index in [0.29, 0.717) is 25.5 Å². The summed E-state index contributed by atoms with van der Waals surface area (Å²) >= 11 is 0. The highest BCUT2D eigenvalue weighted by molar-refractivity contribution is 5.94. The molecule has 8 heteroatoms. The average Bonchev–Trinajstić information content (AvgIpc) is 3.42. The fourth-order valence-corrected chi connectivity index (χ4v) is 6.90. The second-order valence-electron chi connectivity index (χ2n) is 12.8. The first-order chi connectivity index (χ1) is 21.9. The number of carbonyl (C=O) groups is 2. The van der Waals surface area contributed by atoms with Crippen LogP contribution in [0.25, 0.3) is 0 Å². The van der Waals surface area contributed by atoms with Gasteiger partial charge in [0, 0.05) is 57.3 Å². The quantitative estimate of drug-likeness (QED) is 0.211. The zero-order valence-corrected chi connectivity index (χ0v) is 28.0. The van der Waals surface area contributed by atoms with Crippen molar-refractivity contribution in [2.24, 2.45) is 0 Å². The van der Waals surface area contributed by atoms with Crippen LogP contribution in [0.2, 0.25) is 0 Å². The summed E-state index contributed by atoms with van der Waals surface area (Å²) in [4.78, 5) is 35.2. The Labute approximate surface area is 271 Å². The number of unbranched alkanes of at least 4 members (excludes halogenated alkanes) is 3. The number of phenolic OH excluding ortho intramolecular Hbond substituents is 1. The maximum atomic E-state index is 14.0. The maximum absolute atomic E-state index is 14.0. The van der Waals surface area contributed by atoms with E-state index in [0.717, 1.165) is 101 Å². The Balaban J connectivity index is 1.42. The molecule has 1 aromatic carbocycles. The Kier molecular flexibility index (Phi) is 14.2. The van der Waals surface area contributed by atoms with Crippen LogP contribution in [0.15, 0.2) is 59.7 Å². The van der Waals surface area contributed by atoms with E-state index in [1.54, 1.807) is 6.07 Å². The number of esters is 1. The molecule has 2 atom stereocenters. The highest BCUT2D eigenvalue weighted by atomic mass is 16.5. The smallest absolute Gasteiger partial charge is 0.305 e. The van der Waals surface area contributed by atoms with Crippen LogP contribution in [0, 0.1) is 0 Å². The molecular weight excluding hydrogens is 564 g/mol. The van der Waals surface area contributed by atoms with Gasteiger partial charge in [0.05, 0.1) is 12.6 Å². The van der Waals surface area contributed by atoms with Crippen molar-refractivity contribution in [1.29, 1.82) is 0 Å². The van der Waals surface area contributed by atoms with Crippen molar-refractivity contribution in [3.8, 4) is 5.75 Å². The van der Waals surface area contributed by atoms with Crippen molar-refractivity contribution in [2.75, 3.05) is 65.5 Å². The molecule has 3 aliphatic rings. The van der Waals surface area contributed by atoms with E-state index < -0.39 is 0 Å². The average molecular weight is 621 g/mol. The van der Waals surface area contributed by atoms with Crippen molar-refractivity contribution in [1.82, 2.24) is 19.6 Å². The summed E-state index contributed by atoms with van der Waals surface area (Å²) in [6.07, 6.45) is 15.9. The molecular formula is C37H56N4O4. The molecule has 45 heavy (non-hydrogen) atoms. The number of benzene rings is 1. The van der Waals surface area contributed by atoms with Crippen molar-refractivity contribution in [3.05, 3.63) is 65.3 Å². The Hall–Kier alpha value is -2.94. The van der Waals surface area contributed by atoms with Crippen LogP contribution in [0.3, 0.4) is 0 Å². The third-order valence-corrected chi connectivity index (χ3v) is 9.34. The van der Waals surface area contributed by atoms with Crippen molar-refractivity contribution >= 4 is 11.9 Å². The van der Waals surface area contributed by atoms with Crippen molar-refractivity contribution in [2.45, 2.75) is 84.2 Å². The van der Waals surface area contributed by atoms with Gasteiger partial charge in [0.2, 0.25) is 5.91 Å². The number of phenols is 1. The lowest BCUT2D eigenvalue weighted by Gasteiger charge is -2.44. The summed E-state index contributed by atoms with van der Waals surface area (Å²) in [6, 6.07) is 7.92. The van der Waals surface area contributed by atoms with E-state index in [1.165, 1.54) is 12.8 Å². The van der Waals surface area contributed by atoms with Crippen LogP contribution in [-0.4, -0.2) is 108 Å². The highest BCUT2D eigenvalue weighted by Gasteiger charge is 2.33. The molecule has 2 aliphatic heterocycles. The van der Waals surface area contributed by atoms with Gasteiger partial charge < -0.3 is 24.5 Å². The molecule has 0 radical (unpaired) electrons. The van der Waals surface area contributed by atoms with E-state index >= 15 is 0 Å². The first-order valence-corrected chi connectivity index (χ1v) is 17.4. The molecule has 1 N–H and O–H groups in total. The van der Waals surface area contributed by atoms with Crippen LogP contribution in [0.4, 0.5) is 0 Å². The maximum Gasteiger partial charge on any atom is 0.305 e. The van der Waals surface area contributed by atoms with Gasteiger partial charge in [-0.1, -0.05) is 50.1 Å². The fraction of sp³-hybridized carbons (Fsp3) is 0.622. The number of aromatic hydroxyl groups is 1. The van der Waals surface area contributed by atoms with E-state index in [2.05, 4.69) is 58.9 Å². The number of allylic oxidation sites excluding steroid dienone is 3. The largest absolute Gasteiger partial charge is 0.508 e. The molecule has 2 unspecified atom stereocenters. The van der Waals surface area contributed by atoms with Crippen LogP contribution in [0.5, 0.6) is 5.75 Å². The molecule has 0 bridgehead atoms. The summed E-state index contributed by atoms with van der Waals surface area (Å²) in [5.74, 6) is 0.301. The van der Waals surface area contributed by atoms with Gasteiger partial charge in [0.1, 0.15) is 5.75 Å². The monoisotopic (exact) mass is 620 g/mol. The molecule has 2 saturated heterocycles. The lowest BCUT2D eigenvalue weighted by Crippen LogP contribution is -2.53. The normalized spacial score (nSPS) is 21.0. The predicted octanol–water partition coefficient (Wildman–Crippen LogP) is 5.71. The SMILES string of the molecule is CCCCN1CCN(C(C2=CC=CCC(C(=O)N3CCCN(CCCCCC(=O)OCC)CC3)=C2)c2cccc(O)c2)C(C)C1. The Morgan fingerprint density at radius 1 is 0.978 bits per heavy atom. The van der Waals surface area contributed by atoms with E-state index in [4.69, 9.17) is 4.74 Å². The summed E-state index contributed by atoms with van der Waals surface area (Å²) in [7, 11) is 0. The summed E-state index contributed by atoms with van der Waals surface area (Å²) < 4.78 is 5.03. The van der Waals surface area contributed by atoms with E-state index in [9.17, 15) is 14.7 Å². The van der Waals surface area contributed by atoms with Crippen molar-refractivity contribution < 1.29 is 19.4 Å². The lowest BCUT2D eigenvalue weighted by atomic mass is 9.92. The minimum atomic E-state index is -0.102. The van der Waals surface area contributed by atoms with Gasteiger partial charge in [-0.3, -0.25) is 14.5 Å². The number of amides is 1. The summed E-state index contributed by atoms with van der Waals surface area (Å²) in [6.45, 7) is 15.3. The van der Waals surface area contributed by atoms with Gasteiger partial charge in [-0.15, -0.1) is 0 Å². The zero-order valence-electron chi connectivity index (χ0n) is 28.0. The van der Waals surface area contributed by atoms with E-state index in [-0.39, 0.29) is 23.7 Å². The second-order valence-corrected chi connectivity index (χ2v) is 12.8. The van der Waals surface area contributed by atoms with Gasteiger partial charge in [-0.05, 0) is 94.9 Å². The highest BCUT2D eigenvalue weighted by Crippen LogP contribution is 2.36. The summed E-state index contributed by atoms with van der Waals surface area (Å²) in [5, 5.41) is 10.4. The standard InChI is InChI=1S/C37H56N4O4/c1-4-6-19-39-24-26-41(30(3)29-39)36(32-16-12-17-34(42)28-32)31-14-9-10-15-33(27-31)37(44)40-22-13-21-38(23-25-40)20-11-7-8-18-35(43)45-5-2/h9-10,12,14,16-17,27-28,30,36,42H,4-8,11,13,15,18-26,29H2,1-3H3. The molecule has 2 heterocycles. The Bertz CT molecular complexity index is 1190. The minimum Gasteiger partial charge on any atom is -0.508 e. The van der Waals surface area contributed by atoms with Crippen LogP contribution in [-0.2, 0) is 14.3 Å². The molecule has 8 nitrogen and oxygen atoms in total. The zero-order chi connectivity index (χ0) is 32.0. The van der Waals surface area contributed by atoms with Crippen LogP contribution in [0.1, 0.15) is 83.7 Å². The Morgan fingerprint density at radius 2 is 1.80 bits per heavy atom. The molecule has 0 aromatic heterocycles. The number of hydrogen-bond acceptors (Lipinski definition) is 7. The third-order valence-electron chi connectivity index (χ3n) is 9.34. The van der Waals surface area contributed by atoms with Crippen LogP contribution >= 0.6 is 0 Å². The number of hydrogen-bond donors (Lipinski definition) is 1. The fourth-order valence-electron chi connectivity index (χ4n) is 6.90. The first-order valence-electron chi connectivity index (χ1n) is 17.4. The number of piperazine rings is 1. The topological polar surface area (TPSA) is 76.6 Å². The van der Waals surface area contributed by atoms with Gasteiger partial charge >= 0.3 is 5.97 Å². The van der Waals surface area contributed by atoms with Gasteiger partial charge in [0.25, 0.3) is 0 Å². The summed E-state index contributed by atoms with van der Waals surface area (Å²) in [5.41, 5.74) is 2.99. The third kappa shape index (κ3) is 10.5.